The third kappa shape index (κ3) is 5.54. The molecule has 11 heteroatoms. The van der Waals surface area contributed by atoms with Gasteiger partial charge in [-0.2, -0.15) is 25.8 Å². The highest BCUT2D eigenvalue weighted by Crippen LogP contribution is 2.27. The number of methoxy groups -OCH3 is 1. The molecule has 0 saturated heterocycles. The van der Waals surface area contributed by atoms with Gasteiger partial charge in [0.25, 0.3) is 5.91 Å². The van der Waals surface area contributed by atoms with E-state index in [2.05, 4.69) is 31.8 Å². The van der Waals surface area contributed by atoms with Gasteiger partial charge in [-0.05, 0) is 65.2 Å². The summed E-state index contributed by atoms with van der Waals surface area (Å²) in [6.45, 7) is 0.769. The lowest BCUT2D eigenvalue weighted by Crippen LogP contribution is -2.22. The lowest BCUT2D eigenvalue weighted by molar-refractivity contribution is 0.0951. The van der Waals surface area contributed by atoms with Crippen molar-refractivity contribution in [1.82, 2.24) is 35.5 Å². The first-order chi connectivity index (χ1) is 20.5. The van der Waals surface area contributed by atoms with Crippen molar-refractivity contribution in [3.8, 4) is 11.9 Å². The molecular formula is C31H23ClN8O2. The average Bonchev–Trinajstić information content (AvgIpc) is 3.62. The van der Waals surface area contributed by atoms with E-state index < -0.39 is 0 Å². The maximum absolute atomic E-state index is 13.0. The highest BCUT2D eigenvalue weighted by atomic mass is 35.5. The van der Waals surface area contributed by atoms with Gasteiger partial charge in [-0.3, -0.25) is 9.48 Å². The second-order valence-corrected chi connectivity index (χ2v) is 9.93. The number of benzene rings is 3. The molecule has 3 aromatic carbocycles. The Morgan fingerprint density at radius 2 is 1.88 bits per heavy atom. The summed E-state index contributed by atoms with van der Waals surface area (Å²) >= 11 is 6.32. The molecule has 6 aromatic rings. The first-order valence-electron chi connectivity index (χ1n) is 13.0. The fourth-order valence-corrected chi connectivity index (χ4v) is 4.79. The fraction of sp³-hybridized carbons (Fsp3) is 0.0968. The van der Waals surface area contributed by atoms with Gasteiger partial charge in [0.15, 0.2) is 0 Å². The van der Waals surface area contributed by atoms with Crippen molar-refractivity contribution in [3.05, 3.63) is 112 Å². The largest absolute Gasteiger partial charge is 0.481 e. The number of nitrogens with zero attached hydrogens (tertiary/aromatic N) is 6. The summed E-state index contributed by atoms with van der Waals surface area (Å²) in [6, 6.07) is 24.1. The van der Waals surface area contributed by atoms with Gasteiger partial charge in [-0.1, -0.05) is 35.9 Å². The number of hydrogen-bond donors (Lipinski definition) is 2. The zero-order valence-corrected chi connectivity index (χ0v) is 23.1. The number of rotatable bonds is 8. The highest BCUT2D eigenvalue weighted by molar-refractivity contribution is 6.31. The molecule has 6 rings (SSSR count). The molecule has 0 spiro atoms. The number of nitriles is 1. The summed E-state index contributed by atoms with van der Waals surface area (Å²) in [7, 11) is 1.57. The van der Waals surface area contributed by atoms with Crippen molar-refractivity contribution in [2.24, 2.45) is 0 Å². The van der Waals surface area contributed by atoms with Gasteiger partial charge in [-0.25, -0.2) is 4.98 Å². The van der Waals surface area contributed by atoms with Crippen molar-refractivity contribution >= 4 is 51.1 Å². The molecule has 0 bridgehead atoms. The Hall–Kier alpha value is -5.53. The number of aromatic nitrogens is 6. The minimum absolute atomic E-state index is 0.258. The van der Waals surface area contributed by atoms with Crippen LogP contribution >= 0.6 is 11.6 Å². The van der Waals surface area contributed by atoms with E-state index >= 15 is 0 Å². The van der Waals surface area contributed by atoms with Gasteiger partial charge in [0.2, 0.25) is 5.88 Å². The van der Waals surface area contributed by atoms with Crippen LogP contribution in [0.25, 0.3) is 33.6 Å². The molecule has 3 heterocycles. The quantitative estimate of drug-likeness (QED) is 0.232. The van der Waals surface area contributed by atoms with Crippen LogP contribution in [-0.4, -0.2) is 43.2 Å². The number of allylic oxidation sites excluding steroid dienone is 1. The van der Waals surface area contributed by atoms with Crippen LogP contribution in [0.4, 0.5) is 0 Å². The number of nitrogens with one attached hydrogen (secondary N) is 2. The molecule has 10 nitrogen and oxygen atoms in total. The minimum atomic E-state index is -0.258. The number of aromatic amines is 1. The Labute approximate surface area is 245 Å². The van der Waals surface area contributed by atoms with E-state index in [1.54, 1.807) is 55.8 Å². The Morgan fingerprint density at radius 1 is 1.05 bits per heavy atom. The van der Waals surface area contributed by atoms with Crippen LogP contribution in [0, 0.1) is 11.3 Å². The smallest absolute Gasteiger partial charge is 0.251 e. The third-order valence-corrected chi connectivity index (χ3v) is 6.99. The van der Waals surface area contributed by atoms with Crippen molar-refractivity contribution in [1.29, 1.82) is 5.26 Å². The fourth-order valence-electron chi connectivity index (χ4n) is 4.62. The van der Waals surface area contributed by atoms with E-state index in [0.717, 1.165) is 33.1 Å². The number of hydrogen-bond acceptors (Lipinski definition) is 7. The van der Waals surface area contributed by atoms with Crippen LogP contribution in [0.15, 0.2) is 79.0 Å². The van der Waals surface area contributed by atoms with E-state index in [9.17, 15) is 10.1 Å². The Balaban J connectivity index is 1.26. The van der Waals surface area contributed by atoms with Crippen molar-refractivity contribution < 1.29 is 9.53 Å². The molecular weight excluding hydrogens is 552 g/mol. The Bertz CT molecular complexity index is 2000. The maximum Gasteiger partial charge on any atom is 0.251 e. The summed E-state index contributed by atoms with van der Waals surface area (Å²) in [5.74, 6) is 0.269. The number of carbonyl (C=O) groups excluding carboxylic acids is 1. The van der Waals surface area contributed by atoms with E-state index in [0.29, 0.717) is 46.4 Å². The molecule has 0 unspecified atom stereocenters. The molecule has 0 aliphatic heterocycles. The molecule has 0 atom stereocenters. The Morgan fingerprint density at radius 3 is 2.69 bits per heavy atom. The summed E-state index contributed by atoms with van der Waals surface area (Å²) in [5.41, 5.74) is 6.14. The van der Waals surface area contributed by atoms with Gasteiger partial charge in [0.05, 0.1) is 36.5 Å². The number of fused-ring (bicyclic) bond motifs is 2. The van der Waals surface area contributed by atoms with Crippen LogP contribution in [0.2, 0.25) is 5.02 Å². The monoisotopic (exact) mass is 574 g/mol. The zero-order valence-electron chi connectivity index (χ0n) is 22.4. The van der Waals surface area contributed by atoms with Crippen LogP contribution in [0.5, 0.6) is 5.88 Å². The van der Waals surface area contributed by atoms with Crippen molar-refractivity contribution in [3.63, 3.8) is 0 Å². The first kappa shape index (κ1) is 26.7. The van der Waals surface area contributed by atoms with Gasteiger partial charge in [0.1, 0.15) is 11.0 Å². The molecule has 2 N–H and O–H groups in total. The Kier molecular flexibility index (Phi) is 7.32. The second-order valence-electron chi connectivity index (χ2n) is 9.49. The number of H-pyrrole nitrogens is 1. The number of carbonyl (C=O) groups is 1. The number of halogens is 1. The van der Waals surface area contributed by atoms with E-state index in [-0.39, 0.29) is 5.91 Å². The standard InChI is InChI=1S/C31H23ClN8O2/c1-42-30-10-6-20(17-34-30)18-40-29-14-24(32)7-8-25(29)27(38-40)13-23(15-33)21-3-2-4-22(12-21)31(41)35-16-19-5-9-26-28(11-19)37-39-36-26/h2-14,17H,16,18H2,1H3,(H,35,41)(H,36,37,39). The van der Waals surface area contributed by atoms with Crippen LogP contribution in [0.3, 0.4) is 0 Å². The summed E-state index contributed by atoms with van der Waals surface area (Å²) in [5, 5.41) is 29.9. The summed E-state index contributed by atoms with van der Waals surface area (Å²) < 4.78 is 6.98. The van der Waals surface area contributed by atoms with Crippen molar-refractivity contribution in [2.45, 2.75) is 13.1 Å². The minimum Gasteiger partial charge on any atom is -0.481 e. The second kappa shape index (κ2) is 11.5. The van der Waals surface area contributed by atoms with Gasteiger partial charge >= 0.3 is 0 Å². The van der Waals surface area contributed by atoms with Crippen molar-refractivity contribution in [2.75, 3.05) is 7.11 Å². The molecule has 3 aromatic heterocycles. The van der Waals surface area contributed by atoms with E-state index in [4.69, 9.17) is 21.4 Å². The van der Waals surface area contributed by atoms with E-state index in [1.165, 1.54) is 0 Å². The average molecular weight is 575 g/mol. The molecule has 0 radical (unpaired) electrons. The lowest BCUT2D eigenvalue weighted by atomic mass is 10.0. The lowest BCUT2D eigenvalue weighted by Gasteiger charge is -2.07. The first-order valence-corrected chi connectivity index (χ1v) is 13.3. The number of amides is 1. The van der Waals surface area contributed by atoms with E-state index in [1.807, 2.05) is 41.1 Å². The van der Waals surface area contributed by atoms with Gasteiger partial charge < -0.3 is 10.1 Å². The molecule has 42 heavy (non-hydrogen) atoms. The van der Waals surface area contributed by atoms with Crippen LogP contribution < -0.4 is 10.1 Å². The molecule has 0 aliphatic rings. The predicted octanol–water partition coefficient (Wildman–Crippen LogP) is 5.41. The summed E-state index contributed by atoms with van der Waals surface area (Å²) in [4.78, 5) is 17.3. The van der Waals surface area contributed by atoms with Gasteiger partial charge in [0, 0.05) is 34.8 Å². The molecule has 206 valence electrons. The highest BCUT2D eigenvalue weighted by Gasteiger charge is 2.14. The number of ether oxygens (including phenoxy) is 1. The summed E-state index contributed by atoms with van der Waals surface area (Å²) in [6.07, 6.45) is 3.46. The van der Waals surface area contributed by atoms with Crippen LogP contribution in [0.1, 0.15) is 32.7 Å². The topological polar surface area (TPSA) is 134 Å². The molecule has 0 saturated carbocycles. The number of pyridine rings is 1. The zero-order chi connectivity index (χ0) is 29.1. The third-order valence-electron chi connectivity index (χ3n) is 6.75. The SMILES string of the molecule is COc1ccc(Cn2nc(C=C(C#N)c3cccc(C(=O)NCc4ccc5n[nH]nc5c4)c3)c3ccc(Cl)cc32)cn1. The normalized spacial score (nSPS) is 11.5. The maximum atomic E-state index is 13.0. The molecule has 0 aliphatic carbocycles. The predicted molar refractivity (Wildman–Crippen MR) is 160 cm³/mol. The van der Waals surface area contributed by atoms with Crippen LogP contribution in [-0.2, 0) is 13.1 Å². The molecule has 0 fully saturated rings. The van der Waals surface area contributed by atoms with Gasteiger partial charge in [-0.15, -0.1) is 0 Å². The molecule has 1 amide bonds.